The van der Waals surface area contributed by atoms with Gasteiger partial charge in [-0.15, -0.1) is 13.2 Å². The molecule has 1 aliphatic rings. The largest absolute Gasteiger partial charge is 0.573 e. The zero-order chi connectivity index (χ0) is 26.4. The topological polar surface area (TPSA) is 93.5 Å². The van der Waals surface area contributed by atoms with Crippen LogP contribution in [0.2, 0.25) is 0 Å². The summed E-state index contributed by atoms with van der Waals surface area (Å²) < 4.78 is 43.5. The Morgan fingerprint density at radius 3 is 2.32 bits per heavy atom. The van der Waals surface area contributed by atoms with E-state index in [-0.39, 0.29) is 30.7 Å². The van der Waals surface area contributed by atoms with Gasteiger partial charge in [0, 0.05) is 29.8 Å². The quantitative estimate of drug-likeness (QED) is 0.379. The first-order chi connectivity index (χ1) is 17.7. The van der Waals surface area contributed by atoms with Crippen LogP contribution >= 0.6 is 0 Å². The van der Waals surface area contributed by atoms with E-state index >= 15 is 0 Å². The van der Waals surface area contributed by atoms with Crippen LogP contribution in [0.1, 0.15) is 66.2 Å². The monoisotopic (exact) mass is 515 g/mol. The van der Waals surface area contributed by atoms with Gasteiger partial charge >= 0.3 is 12.3 Å². The second kappa shape index (κ2) is 11.5. The number of ether oxygens (including phenoxy) is 1. The lowest BCUT2D eigenvalue weighted by atomic mass is 9.95. The molecule has 1 aromatic heterocycles. The van der Waals surface area contributed by atoms with Gasteiger partial charge in [-0.25, -0.2) is 0 Å². The average molecular weight is 516 g/mol. The number of carbonyl (C=O) groups excluding carboxylic acids is 1. The molecule has 2 N–H and O–H groups in total. The fraction of sp³-hybridized carbons (Fsp3) is 0.370. The number of carbonyl (C=O) groups is 2. The first-order valence-corrected chi connectivity index (χ1v) is 12.2. The molecule has 37 heavy (non-hydrogen) atoms. The lowest BCUT2D eigenvalue weighted by molar-refractivity contribution is -0.274. The SMILES string of the molecule is O=C(O)CCNC(=O)c1ccc(Cc2cc(-c3ccc(OC(F)(F)F)cc3)nn2C2CCCCC2)cc1. The third kappa shape index (κ3) is 7.34. The summed E-state index contributed by atoms with van der Waals surface area (Å²) in [6, 6.07) is 15.0. The van der Waals surface area contributed by atoms with E-state index in [9.17, 15) is 22.8 Å². The summed E-state index contributed by atoms with van der Waals surface area (Å²) in [5, 5.41) is 16.1. The number of alkyl halides is 3. The molecule has 2 aromatic carbocycles. The molecule has 1 amide bonds. The van der Waals surface area contributed by atoms with Crippen LogP contribution in [-0.4, -0.2) is 39.7 Å². The molecule has 0 saturated heterocycles. The van der Waals surface area contributed by atoms with Crippen molar-refractivity contribution in [3.63, 3.8) is 0 Å². The molecule has 0 atom stereocenters. The molecule has 1 fully saturated rings. The van der Waals surface area contributed by atoms with Gasteiger partial charge < -0.3 is 15.2 Å². The van der Waals surface area contributed by atoms with Crippen LogP contribution in [0, 0.1) is 0 Å². The summed E-state index contributed by atoms with van der Waals surface area (Å²) in [5.41, 5.74) is 3.76. The van der Waals surface area contributed by atoms with Gasteiger partial charge in [-0.3, -0.25) is 14.3 Å². The number of hydrogen-bond donors (Lipinski definition) is 2. The van der Waals surface area contributed by atoms with E-state index in [2.05, 4.69) is 10.1 Å². The Morgan fingerprint density at radius 1 is 1.03 bits per heavy atom. The minimum absolute atomic E-state index is 0.0581. The Kier molecular flexibility index (Phi) is 8.15. The van der Waals surface area contributed by atoms with Crippen LogP contribution in [0.15, 0.2) is 54.6 Å². The molecule has 3 aromatic rings. The van der Waals surface area contributed by atoms with Crippen molar-refractivity contribution in [2.45, 2.75) is 57.3 Å². The van der Waals surface area contributed by atoms with Gasteiger partial charge in [0.2, 0.25) is 0 Å². The summed E-state index contributed by atoms with van der Waals surface area (Å²) in [7, 11) is 0. The highest BCUT2D eigenvalue weighted by Crippen LogP contribution is 2.32. The van der Waals surface area contributed by atoms with Gasteiger partial charge in [0.25, 0.3) is 5.91 Å². The molecule has 4 rings (SSSR count). The number of carboxylic acids is 1. The van der Waals surface area contributed by atoms with Crippen molar-refractivity contribution in [1.29, 1.82) is 0 Å². The molecule has 0 bridgehead atoms. The summed E-state index contributed by atoms with van der Waals surface area (Å²) in [5.74, 6) is -1.59. The molecule has 0 spiro atoms. The van der Waals surface area contributed by atoms with Crippen molar-refractivity contribution < 1.29 is 32.6 Å². The number of aromatic nitrogens is 2. The highest BCUT2D eigenvalue weighted by atomic mass is 19.4. The van der Waals surface area contributed by atoms with E-state index in [4.69, 9.17) is 10.2 Å². The van der Waals surface area contributed by atoms with Crippen LogP contribution in [0.4, 0.5) is 13.2 Å². The molecule has 0 unspecified atom stereocenters. The van der Waals surface area contributed by atoms with E-state index in [1.54, 1.807) is 24.3 Å². The third-order valence-corrected chi connectivity index (χ3v) is 6.34. The van der Waals surface area contributed by atoms with E-state index < -0.39 is 12.3 Å². The number of aliphatic carboxylic acids is 1. The molecule has 10 heteroatoms. The summed E-state index contributed by atoms with van der Waals surface area (Å²) in [6.07, 6.45) is 1.14. The average Bonchev–Trinajstić information content (AvgIpc) is 3.28. The number of hydrogen-bond acceptors (Lipinski definition) is 4. The molecule has 1 heterocycles. The van der Waals surface area contributed by atoms with E-state index in [1.807, 2.05) is 22.9 Å². The minimum Gasteiger partial charge on any atom is -0.481 e. The summed E-state index contributed by atoms with van der Waals surface area (Å²) >= 11 is 0. The molecule has 1 saturated carbocycles. The maximum atomic E-state index is 12.5. The predicted molar refractivity (Wildman–Crippen MR) is 130 cm³/mol. The zero-order valence-electron chi connectivity index (χ0n) is 20.1. The highest BCUT2D eigenvalue weighted by molar-refractivity contribution is 5.94. The van der Waals surface area contributed by atoms with Crippen LogP contribution in [-0.2, 0) is 11.2 Å². The number of benzene rings is 2. The van der Waals surface area contributed by atoms with Crippen molar-refractivity contribution in [2.24, 2.45) is 0 Å². The molecular formula is C27H28F3N3O4. The standard InChI is InChI=1S/C27H28F3N3O4/c28-27(29,30)37-23-12-10-19(11-13-23)24-17-22(33(32-24)21-4-2-1-3-5-21)16-18-6-8-20(9-7-18)26(36)31-15-14-25(34)35/h6-13,17,21H,1-5,14-16H2,(H,31,36)(H,34,35). The lowest BCUT2D eigenvalue weighted by Gasteiger charge is -2.24. The van der Waals surface area contributed by atoms with Gasteiger partial charge in [0.1, 0.15) is 5.75 Å². The van der Waals surface area contributed by atoms with Gasteiger partial charge in [0.15, 0.2) is 0 Å². The Labute approximate surface area is 212 Å². The number of amides is 1. The smallest absolute Gasteiger partial charge is 0.481 e. The fourth-order valence-electron chi connectivity index (χ4n) is 4.54. The Morgan fingerprint density at radius 2 is 1.70 bits per heavy atom. The van der Waals surface area contributed by atoms with Crippen LogP contribution in [0.3, 0.4) is 0 Å². The molecule has 7 nitrogen and oxygen atoms in total. The second-order valence-electron chi connectivity index (χ2n) is 9.10. The van der Waals surface area contributed by atoms with Gasteiger partial charge in [-0.1, -0.05) is 31.4 Å². The zero-order valence-corrected chi connectivity index (χ0v) is 20.1. The fourth-order valence-corrected chi connectivity index (χ4v) is 4.54. The van der Waals surface area contributed by atoms with Gasteiger partial charge in [-0.05, 0) is 60.9 Å². The molecule has 0 radical (unpaired) electrons. The molecule has 196 valence electrons. The third-order valence-electron chi connectivity index (χ3n) is 6.34. The number of rotatable bonds is 9. The Balaban J connectivity index is 1.52. The van der Waals surface area contributed by atoms with Gasteiger partial charge in [-0.2, -0.15) is 5.10 Å². The Hall–Kier alpha value is -3.82. The van der Waals surface area contributed by atoms with Crippen molar-refractivity contribution >= 4 is 11.9 Å². The van der Waals surface area contributed by atoms with Crippen molar-refractivity contribution in [3.05, 3.63) is 71.4 Å². The number of halogens is 3. The van der Waals surface area contributed by atoms with E-state index in [1.165, 1.54) is 18.6 Å². The lowest BCUT2D eigenvalue weighted by Crippen LogP contribution is -2.25. The van der Waals surface area contributed by atoms with Crippen molar-refractivity contribution in [3.8, 4) is 17.0 Å². The predicted octanol–water partition coefficient (Wildman–Crippen LogP) is 5.75. The normalized spacial score (nSPS) is 14.4. The minimum atomic E-state index is -4.74. The first kappa shape index (κ1) is 26.2. The molecular weight excluding hydrogens is 487 g/mol. The van der Waals surface area contributed by atoms with Crippen LogP contribution < -0.4 is 10.1 Å². The summed E-state index contributed by atoms with van der Waals surface area (Å²) in [4.78, 5) is 22.9. The first-order valence-electron chi connectivity index (χ1n) is 12.2. The summed E-state index contributed by atoms with van der Waals surface area (Å²) in [6.45, 7) is 0.0581. The second-order valence-corrected chi connectivity index (χ2v) is 9.10. The van der Waals surface area contributed by atoms with Crippen molar-refractivity contribution in [2.75, 3.05) is 6.54 Å². The number of carboxylic acid groups (broad SMARTS) is 1. The Bertz CT molecular complexity index is 1220. The molecule has 0 aliphatic heterocycles. The molecule has 1 aliphatic carbocycles. The number of nitrogens with one attached hydrogen (secondary N) is 1. The maximum absolute atomic E-state index is 12.5. The maximum Gasteiger partial charge on any atom is 0.573 e. The number of nitrogens with zero attached hydrogens (tertiary/aromatic N) is 2. The van der Waals surface area contributed by atoms with Crippen molar-refractivity contribution in [1.82, 2.24) is 15.1 Å². The van der Waals surface area contributed by atoms with Gasteiger partial charge in [0.05, 0.1) is 18.2 Å². The van der Waals surface area contributed by atoms with E-state index in [0.717, 1.165) is 36.9 Å². The van der Waals surface area contributed by atoms with E-state index in [0.29, 0.717) is 23.2 Å². The highest BCUT2D eigenvalue weighted by Gasteiger charge is 2.31. The van der Waals surface area contributed by atoms with Crippen LogP contribution in [0.25, 0.3) is 11.3 Å². The van der Waals surface area contributed by atoms with Crippen LogP contribution in [0.5, 0.6) is 5.75 Å².